The van der Waals surface area contributed by atoms with Gasteiger partial charge in [-0.15, -0.1) is 34.9 Å². The van der Waals surface area contributed by atoms with Crippen molar-refractivity contribution in [1.82, 2.24) is 4.98 Å². The molecule has 3 aromatic rings. The number of carbonyl (C=O) groups is 1. The van der Waals surface area contributed by atoms with Gasteiger partial charge in [0.1, 0.15) is 5.69 Å². The monoisotopic (exact) mass is 374 g/mol. The maximum atomic E-state index is 12.4. The van der Waals surface area contributed by atoms with Crippen LogP contribution in [0.3, 0.4) is 0 Å². The van der Waals surface area contributed by atoms with E-state index in [4.69, 9.17) is 4.42 Å². The van der Waals surface area contributed by atoms with Gasteiger partial charge in [-0.25, -0.2) is 4.98 Å². The van der Waals surface area contributed by atoms with E-state index in [1.165, 1.54) is 28.4 Å². The van der Waals surface area contributed by atoms with Gasteiger partial charge in [0.05, 0.1) is 10.8 Å². The highest BCUT2D eigenvalue weighted by Gasteiger charge is 2.18. The number of aromatic nitrogens is 1. The Hall–Kier alpha value is -1.70. The lowest BCUT2D eigenvalue weighted by atomic mass is 10.1. The number of thioether (sulfide) groups is 2. The predicted octanol–water partition coefficient (Wildman–Crippen LogP) is 5.13. The van der Waals surface area contributed by atoms with E-state index in [0.29, 0.717) is 21.0 Å². The Kier molecular flexibility index (Phi) is 4.64. The largest absolute Gasteiger partial charge is 0.463 e. The molecule has 0 atom stereocenters. The van der Waals surface area contributed by atoms with Crippen LogP contribution in [0.1, 0.15) is 20.5 Å². The van der Waals surface area contributed by atoms with Crippen molar-refractivity contribution in [2.24, 2.45) is 0 Å². The number of hydrogen-bond acceptors (Lipinski definition) is 6. The molecule has 4 nitrogen and oxygen atoms in total. The first kappa shape index (κ1) is 15.8. The van der Waals surface area contributed by atoms with Gasteiger partial charge >= 0.3 is 0 Å². The molecule has 1 N–H and O–H groups in total. The molecular formula is C17H14N2O2S3. The third-order valence-corrected chi connectivity index (χ3v) is 7.43. The minimum absolute atomic E-state index is 0.145. The lowest BCUT2D eigenvalue weighted by Crippen LogP contribution is -2.11. The highest BCUT2D eigenvalue weighted by molar-refractivity contribution is 8.19. The molecular weight excluding hydrogens is 360 g/mol. The maximum Gasteiger partial charge on any atom is 0.257 e. The van der Waals surface area contributed by atoms with E-state index < -0.39 is 0 Å². The second kappa shape index (κ2) is 7.04. The summed E-state index contributed by atoms with van der Waals surface area (Å²) < 4.78 is 5.81. The Morgan fingerprint density at radius 2 is 1.96 bits per heavy atom. The summed E-state index contributed by atoms with van der Waals surface area (Å²) in [5, 5.41) is 5.28. The standard InChI is InChI=1S/C17H14N2O2S3/c20-15(11-3-5-12(6-4-11)16-22-8-9-23-16)19-17-18-13(10-24-17)14-2-1-7-21-14/h1-7,10,16H,8-9H2,(H,18,19,20). The van der Waals surface area contributed by atoms with Crippen LogP contribution in [0.25, 0.3) is 11.5 Å². The number of anilines is 1. The van der Waals surface area contributed by atoms with Gasteiger partial charge < -0.3 is 4.42 Å². The fourth-order valence-corrected chi connectivity index (χ4v) is 5.93. The molecule has 122 valence electrons. The van der Waals surface area contributed by atoms with Crippen molar-refractivity contribution in [2.75, 3.05) is 16.8 Å². The van der Waals surface area contributed by atoms with E-state index in [1.54, 1.807) is 6.26 Å². The second-order valence-electron chi connectivity index (χ2n) is 5.16. The van der Waals surface area contributed by atoms with Crippen LogP contribution in [0.5, 0.6) is 0 Å². The molecule has 0 saturated carbocycles. The van der Waals surface area contributed by atoms with Gasteiger partial charge in [0.25, 0.3) is 5.91 Å². The minimum atomic E-state index is -0.145. The molecule has 0 spiro atoms. The first-order valence-corrected chi connectivity index (χ1v) is 10.4. The van der Waals surface area contributed by atoms with Crippen LogP contribution in [0, 0.1) is 0 Å². The number of nitrogens with zero attached hydrogens (tertiary/aromatic N) is 1. The summed E-state index contributed by atoms with van der Waals surface area (Å²) in [5.74, 6) is 2.94. The van der Waals surface area contributed by atoms with Gasteiger partial charge in [-0.2, -0.15) is 0 Å². The van der Waals surface area contributed by atoms with Gasteiger partial charge in [0.15, 0.2) is 10.9 Å². The molecule has 0 bridgehead atoms. The summed E-state index contributed by atoms with van der Waals surface area (Å²) in [6.07, 6.45) is 1.61. The van der Waals surface area contributed by atoms with Gasteiger partial charge in [-0.1, -0.05) is 12.1 Å². The second-order valence-corrected chi connectivity index (χ2v) is 8.75. The molecule has 7 heteroatoms. The molecule has 1 aliphatic heterocycles. The molecule has 3 heterocycles. The number of carbonyl (C=O) groups excluding carboxylic acids is 1. The van der Waals surface area contributed by atoms with Crippen LogP contribution in [-0.4, -0.2) is 22.4 Å². The Morgan fingerprint density at radius 3 is 2.67 bits per heavy atom. The first-order chi connectivity index (χ1) is 11.8. The van der Waals surface area contributed by atoms with E-state index in [1.807, 2.05) is 65.3 Å². The van der Waals surface area contributed by atoms with Crippen molar-refractivity contribution < 1.29 is 9.21 Å². The van der Waals surface area contributed by atoms with E-state index in [2.05, 4.69) is 10.3 Å². The van der Waals surface area contributed by atoms with Crippen molar-refractivity contribution in [2.45, 2.75) is 4.58 Å². The maximum absolute atomic E-state index is 12.4. The first-order valence-electron chi connectivity index (χ1n) is 7.43. The molecule has 0 radical (unpaired) electrons. The fraction of sp³-hybridized carbons (Fsp3) is 0.176. The number of furan rings is 1. The number of thiazole rings is 1. The number of hydrogen-bond donors (Lipinski definition) is 1. The highest BCUT2D eigenvalue weighted by Crippen LogP contribution is 2.45. The normalized spacial score (nSPS) is 14.8. The van der Waals surface area contributed by atoms with Crippen LogP contribution in [0.4, 0.5) is 5.13 Å². The van der Waals surface area contributed by atoms with Crippen LogP contribution in [-0.2, 0) is 0 Å². The van der Waals surface area contributed by atoms with Crippen LogP contribution in [0.15, 0.2) is 52.5 Å². The Morgan fingerprint density at radius 1 is 1.17 bits per heavy atom. The van der Waals surface area contributed by atoms with E-state index in [0.717, 1.165) is 5.69 Å². The zero-order valence-corrected chi connectivity index (χ0v) is 15.0. The summed E-state index contributed by atoms with van der Waals surface area (Å²) in [7, 11) is 0. The van der Waals surface area contributed by atoms with Crippen molar-refractivity contribution in [3.8, 4) is 11.5 Å². The Balaban J connectivity index is 1.44. The van der Waals surface area contributed by atoms with Crippen molar-refractivity contribution >= 4 is 45.9 Å². The van der Waals surface area contributed by atoms with E-state index in [9.17, 15) is 4.79 Å². The van der Waals surface area contributed by atoms with Gasteiger partial charge in [0.2, 0.25) is 0 Å². The third kappa shape index (κ3) is 3.38. The lowest BCUT2D eigenvalue weighted by molar-refractivity contribution is 0.102. The Bertz CT molecular complexity index is 822. The molecule has 0 aliphatic carbocycles. The van der Waals surface area contributed by atoms with Crippen LogP contribution >= 0.6 is 34.9 Å². The topological polar surface area (TPSA) is 55.1 Å². The third-order valence-electron chi connectivity index (χ3n) is 3.57. The SMILES string of the molecule is O=C(Nc1nc(-c2ccco2)cs1)c1ccc(C2SCCS2)cc1. The Labute approximate surface area is 152 Å². The summed E-state index contributed by atoms with van der Waals surface area (Å²) in [6, 6.07) is 11.5. The smallest absolute Gasteiger partial charge is 0.257 e. The van der Waals surface area contributed by atoms with Crippen molar-refractivity contribution in [1.29, 1.82) is 0 Å². The van der Waals surface area contributed by atoms with Crippen molar-refractivity contribution in [3.63, 3.8) is 0 Å². The highest BCUT2D eigenvalue weighted by atomic mass is 32.2. The van der Waals surface area contributed by atoms with E-state index >= 15 is 0 Å². The minimum Gasteiger partial charge on any atom is -0.463 e. The van der Waals surface area contributed by atoms with Crippen LogP contribution in [0.2, 0.25) is 0 Å². The summed E-state index contributed by atoms with van der Waals surface area (Å²) >= 11 is 5.30. The molecule has 0 unspecified atom stereocenters. The molecule has 1 amide bonds. The van der Waals surface area contributed by atoms with Gasteiger partial charge in [-0.05, 0) is 29.8 Å². The molecule has 4 rings (SSSR count). The summed E-state index contributed by atoms with van der Waals surface area (Å²) in [5.41, 5.74) is 2.64. The predicted molar refractivity (Wildman–Crippen MR) is 102 cm³/mol. The van der Waals surface area contributed by atoms with Crippen LogP contribution < -0.4 is 5.32 Å². The molecule has 1 aliphatic rings. The summed E-state index contributed by atoms with van der Waals surface area (Å²) in [4.78, 5) is 16.7. The van der Waals surface area contributed by atoms with Gasteiger partial charge in [-0.3, -0.25) is 10.1 Å². The number of amides is 1. The quantitative estimate of drug-likeness (QED) is 0.686. The molecule has 2 aromatic heterocycles. The van der Waals surface area contributed by atoms with Crippen molar-refractivity contribution in [3.05, 3.63) is 59.2 Å². The molecule has 1 fully saturated rings. The number of benzene rings is 1. The number of nitrogens with one attached hydrogen (secondary N) is 1. The average molecular weight is 375 g/mol. The van der Waals surface area contributed by atoms with Gasteiger partial charge in [0, 0.05) is 22.4 Å². The lowest BCUT2D eigenvalue weighted by Gasteiger charge is -2.09. The molecule has 1 aromatic carbocycles. The zero-order valence-electron chi connectivity index (χ0n) is 12.6. The average Bonchev–Trinajstić information content (AvgIpc) is 3.36. The summed E-state index contributed by atoms with van der Waals surface area (Å²) in [6.45, 7) is 0. The molecule has 1 saturated heterocycles. The zero-order chi connectivity index (χ0) is 16.4. The molecule has 24 heavy (non-hydrogen) atoms. The fourth-order valence-electron chi connectivity index (χ4n) is 2.38. The van der Waals surface area contributed by atoms with E-state index in [-0.39, 0.29) is 5.91 Å². The number of rotatable bonds is 4.